The van der Waals surface area contributed by atoms with Gasteiger partial charge in [0.25, 0.3) is 5.91 Å². The number of halogens is 1. The Morgan fingerprint density at radius 1 is 1.50 bits per heavy atom. The molecule has 1 unspecified atom stereocenters. The Balaban J connectivity index is 2.19. The summed E-state index contributed by atoms with van der Waals surface area (Å²) in [5, 5.41) is 7.84. The van der Waals surface area contributed by atoms with Crippen LogP contribution in [0.1, 0.15) is 26.3 Å². The first-order valence-electron chi connectivity index (χ1n) is 8.53. The molecule has 1 atom stereocenters. The molecule has 0 saturated heterocycles. The molecular formula is C20H22ClN3O3S. The number of hydrogen-bond donors (Lipinski definition) is 1. The molecule has 0 bridgehead atoms. The number of fused-ring (bicyclic) bond motifs is 1. The summed E-state index contributed by atoms with van der Waals surface area (Å²) in [4.78, 5) is 21.9. The second-order valence-corrected chi connectivity index (χ2v) is 7.70. The molecule has 1 N–H and O–H groups in total. The standard InChI is InChI=1S/C20H22ClN3O3S/c1-6-13-8-14-9-15(10-16(21)17(14)22-11-13)27-19(28-5)18(25)24-20(3,4)12-23-26-7-2/h1,8-12,19H,7H2,2-5H3,(H,24,25). The van der Waals surface area contributed by atoms with E-state index in [9.17, 15) is 4.79 Å². The smallest absolute Gasteiger partial charge is 0.272 e. The van der Waals surface area contributed by atoms with E-state index in [-0.39, 0.29) is 5.91 Å². The Hall–Kier alpha value is -2.43. The monoisotopic (exact) mass is 419 g/mol. The van der Waals surface area contributed by atoms with Crippen molar-refractivity contribution in [2.75, 3.05) is 12.9 Å². The van der Waals surface area contributed by atoms with E-state index in [1.54, 1.807) is 30.7 Å². The predicted octanol–water partition coefficient (Wildman–Crippen LogP) is 3.85. The van der Waals surface area contributed by atoms with Crippen LogP contribution in [0.15, 0.2) is 29.6 Å². The van der Waals surface area contributed by atoms with E-state index in [0.29, 0.717) is 28.5 Å². The number of pyridine rings is 1. The molecule has 8 heteroatoms. The molecule has 0 radical (unpaired) electrons. The van der Waals surface area contributed by atoms with Crippen molar-refractivity contribution in [1.29, 1.82) is 0 Å². The number of carbonyl (C=O) groups is 1. The fourth-order valence-corrected chi connectivity index (χ4v) is 3.06. The number of terminal acetylenes is 1. The number of thioether (sulfide) groups is 1. The molecule has 0 fully saturated rings. The molecule has 148 valence electrons. The quantitative estimate of drug-likeness (QED) is 0.304. The molecule has 0 aliphatic carbocycles. The zero-order chi connectivity index (χ0) is 20.7. The minimum atomic E-state index is -0.780. The third-order valence-electron chi connectivity index (χ3n) is 3.57. The number of carbonyl (C=O) groups excluding carboxylic acids is 1. The summed E-state index contributed by atoms with van der Waals surface area (Å²) in [5.41, 5.74) is -0.227. The number of rotatable bonds is 8. The van der Waals surface area contributed by atoms with Crippen LogP contribution in [-0.2, 0) is 9.63 Å². The largest absolute Gasteiger partial charge is 0.470 e. The Morgan fingerprint density at radius 2 is 2.25 bits per heavy atom. The highest BCUT2D eigenvalue weighted by atomic mass is 35.5. The van der Waals surface area contributed by atoms with Gasteiger partial charge in [-0.05, 0) is 39.2 Å². The number of benzene rings is 1. The number of hydrogen-bond acceptors (Lipinski definition) is 6. The second-order valence-electron chi connectivity index (χ2n) is 6.39. The van der Waals surface area contributed by atoms with Gasteiger partial charge in [0.05, 0.1) is 22.3 Å². The Kier molecular flexibility index (Phi) is 7.55. The lowest BCUT2D eigenvalue weighted by Gasteiger charge is -2.24. The molecule has 2 aromatic rings. The van der Waals surface area contributed by atoms with E-state index in [0.717, 1.165) is 5.39 Å². The van der Waals surface area contributed by atoms with Gasteiger partial charge in [-0.15, -0.1) is 18.2 Å². The maximum absolute atomic E-state index is 12.6. The number of aromatic nitrogens is 1. The molecular weight excluding hydrogens is 398 g/mol. The zero-order valence-corrected chi connectivity index (χ0v) is 17.7. The van der Waals surface area contributed by atoms with Crippen LogP contribution < -0.4 is 10.1 Å². The predicted molar refractivity (Wildman–Crippen MR) is 115 cm³/mol. The summed E-state index contributed by atoms with van der Waals surface area (Å²) in [6.45, 7) is 5.91. The van der Waals surface area contributed by atoms with Crippen molar-refractivity contribution in [3.63, 3.8) is 0 Å². The van der Waals surface area contributed by atoms with Gasteiger partial charge >= 0.3 is 0 Å². The lowest BCUT2D eigenvalue weighted by molar-refractivity contribution is -0.125. The number of amides is 1. The molecule has 0 aliphatic heterocycles. The van der Waals surface area contributed by atoms with E-state index in [4.69, 9.17) is 27.6 Å². The fourth-order valence-electron chi connectivity index (χ4n) is 2.31. The van der Waals surface area contributed by atoms with Gasteiger partial charge in [-0.3, -0.25) is 9.78 Å². The average Bonchev–Trinajstić information content (AvgIpc) is 2.65. The highest BCUT2D eigenvalue weighted by Crippen LogP contribution is 2.29. The van der Waals surface area contributed by atoms with Crippen LogP contribution in [0, 0.1) is 12.3 Å². The van der Waals surface area contributed by atoms with Crippen molar-refractivity contribution < 1.29 is 14.4 Å². The number of oxime groups is 1. The zero-order valence-electron chi connectivity index (χ0n) is 16.2. The summed E-state index contributed by atoms with van der Waals surface area (Å²) >= 11 is 7.57. The maximum atomic E-state index is 12.6. The van der Waals surface area contributed by atoms with Crippen LogP contribution in [0.5, 0.6) is 5.75 Å². The van der Waals surface area contributed by atoms with E-state index in [2.05, 4.69) is 21.4 Å². The molecule has 28 heavy (non-hydrogen) atoms. The number of nitrogens with zero attached hydrogens (tertiary/aromatic N) is 2. The Morgan fingerprint density at radius 3 is 2.89 bits per heavy atom. The summed E-state index contributed by atoms with van der Waals surface area (Å²) in [6.07, 6.45) is 10.3. The van der Waals surface area contributed by atoms with Crippen molar-refractivity contribution in [2.45, 2.75) is 31.7 Å². The van der Waals surface area contributed by atoms with Crippen molar-refractivity contribution in [3.05, 3.63) is 35.0 Å². The first kappa shape index (κ1) is 21.9. The minimum absolute atomic E-state index is 0.299. The number of ether oxygens (including phenoxy) is 1. The maximum Gasteiger partial charge on any atom is 0.272 e. The molecule has 6 nitrogen and oxygen atoms in total. The van der Waals surface area contributed by atoms with Gasteiger partial charge in [-0.1, -0.05) is 22.7 Å². The minimum Gasteiger partial charge on any atom is -0.470 e. The molecule has 0 aliphatic rings. The van der Waals surface area contributed by atoms with Crippen molar-refractivity contribution in [1.82, 2.24) is 10.3 Å². The van der Waals surface area contributed by atoms with Gasteiger partial charge in [-0.25, -0.2) is 0 Å². The summed E-state index contributed by atoms with van der Waals surface area (Å²) in [5.74, 6) is 2.69. The average molecular weight is 420 g/mol. The van der Waals surface area contributed by atoms with E-state index in [1.807, 2.05) is 20.8 Å². The van der Waals surface area contributed by atoms with Gasteiger partial charge in [0, 0.05) is 23.2 Å². The van der Waals surface area contributed by atoms with Crippen LogP contribution in [0.25, 0.3) is 10.9 Å². The molecule has 1 aromatic carbocycles. The highest BCUT2D eigenvalue weighted by Gasteiger charge is 2.26. The SMILES string of the molecule is C#Cc1cnc2c(Cl)cc(OC(SC)C(=O)NC(C)(C)C=NOCC)cc2c1. The number of nitrogens with one attached hydrogen (secondary N) is 1. The Labute approximate surface area is 174 Å². The van der Waals surface area contributed by atoms with E-state index in [1.165, 1.54) is 18.0 Å². The van der Waals surface area contributed by atoms with Gasteiger partial charge in [-0.2, -0.15) is 0 Å². The molecule has 0 spiro atoms. The van der Waals surface area contributed by atoms with Crippen molar-refractivity contribution in [2.24, 2.45) is 5.16 Å². The lowest BCUT2D eigenvalue weighted by Crippen LogP contribution is -2.49. The molecule has 0 saturated carbocycles. The third kappa shape index (κ3) is 5.78. The van der Waals surface area contributed by atoms with Gasteiger partial charge in [0.1, 0.15) is 12.4 Å². The van der Waals surface area contributed by atoms with Crippen molar-refractivity contribution in [3.8, 4) is 18.1 Å². The van der Waals surface area contributed by atoms with Crippen LogP contribution in [0.3, 0.4) is 0 Å². The van der Waals surface area contributed by atoms with Crippen LogP contribution >= 0.6 is 23.4 Å². The van der Waals surface area contributed by atoms with Gasteiger partial charge in [0.15, 0.2) is 0 Å². The lowest BCUT2D eigenvalue weighted by atomic mass is 10.1. The van der Waals surface area contributed by atoms with Crippen molar-refractivity contribution >= 4 is 46.4 Å². The Bertz CT molecular complexity index is 925. The summed E-state index contributed by atoms with van der Waals surface area (Å²) in [7, 11) is 0. The van der Waals surface area contributed by atoms with E-state index >= 15 is 0 Å². The summed E-state index contributed by atoms with van der Waals surface area (Å²) < 4.78 is 5.87. The molecule has 1 heterocycles. The highest BCUT2D eigenvalue weighted by molar-refractivity contribution is 7.99. The van der Waals surface area contributed by atoms with Crippen LogP contribution in [0.2, 0.25) is 5.02 Å². The van der Waals surface area contributed by atoms with Crippen LogP contribution in [0.4, 0.5) is 0 Å². The third-order valence-corrected chi connectivity index (χ3v) is 4.60. The second kappa shape index (κ2) is 9.67. The molecule has 2 rings (SSSR count). The van der Waals surface area contributed by atoms with E-state index < -0.39 is 11.0 Å². The van der Waals surface area contributed by atoms with Gasteiger partial charge in [0.2, 0.25) is 5.44 Å². The van der Waals surface area contributed by atoms with Gasteiger partial charge < -0.3 is 14.9 Å². The topological polar surface area (TPSA) is 72.8 Å². The van der Waals surface area contributed by atoms with Crippen LogP contribution in [-0.4, -0.2) is 40.9 Å². The first-order chi connectivity index (χ1) is 13.3. The fraction of sp³-hybridized carbons (Fsp3) is 0.350. The molecule has 1 aromatic heterocycles. The normalized spacial score (nSPS) is 12.6. The first-order valence-corrected chi connectivity index (χ1v) is 10.2. The molecule has 1 amide bonds. The summed E-state index contributed by atoms with van der Waals surface area (Å²) in [6, 6.07) is 5.18.